The normalized spacial score (nSPS) is 12.4. The molecule has 1 atom stereocenters. The molecule has 0 fully saturated rings. The molecule has 0 aliphatic heterocycles. The highest BCUT2D eigenvalue weighted by atomic mass is 16.4. The van der Waals surface area contributed by atoms with Crippen LogP contribution in [0.25, 0.3) is 0 Å². The van der Waals surface area contributed by atoms with E-state index >= 15 is 0 Å². The molecule has 0 aromatic carbocycles. The number of aromatic nitrogens is 3. The molecule has 1 unspecified atom stereocenters. The third-order valence-electron chi connectivity index (χ3n) is 2.74. The van der Waals surface area contributed by atoms with Crippen LogP contribution in [0, 0.1) is 11.8 Å². The number of rotatable bonds is 8. The fourth-order valence-corrected chi connectivity index (χ4v) is 1.79. The summed E-state index contributed by atoms with van der Waals surface area (Å²) in [7, 11) is 0. The van der Waals surface area contributed by atoms with E-state index in [2.05, 4.69) is 15.6 Å². The van der Waals surface area contributed by atoms with Gasteiger partial charge in [-0.15, -0.1) is 5.10 Å². The summed E-state index contributed by atoms with van der Waals surface area (Å²) in [5.74, 6) is -1.69. The van der Waals surface area contributed by atoms with Crippen LogP contribution in [-0.2, 0) is 11.3 Å². The van der Waals surface area contributed by atoms with Gasteiger partial charge in [-0.1, -0.05) is 19.1 Å². The summed E-state index contributed by atoms with van der Waals surface area (Å²) in [6.45, 7) is 4.84. The Bertz CT molecular complexity index is 458. The summed E-state index contributed by atoms with van der Waals surface area (Å²) in [5.41, 5.74) is 5.53. The lowest BCUT2D eigenvalue weighted by Crippen LogP contribution is -2.33. The van der Waals surface area contributed by atoms with Crippen LogP contribution in [0.5, 0.6) is 0 Å². The number of carboxylic acid groups (broad SMARTS) is 1. The van der Waals surface area contributed by atoms with Crippen molar-refractivity contribution in [3.05, 3.63) is 11.9 Å². The van der Waals surface area contributed by atoms with E-state index in [1.54, 1.807) is 0 Å². The molecule has 112 valence electrons. The summed E-state index contributed by atoms with van der Waals surface area (Å²) < 4.78 is 1.47. The second kappa shape index (κ2) is 7.59. The molecule has 0 saturated carbocycles. The van der Waals surface area contributed by atoms with Crippen LogP contribution in [-0.4, -0.2) is 45.1 Å². The van der Waals surface area contributed by atoms with E-state index in [0.29, 0.717) is 19.5 Å². The van der Waals surface area contributed by atoms with E-state index in [1.807, 2.05) is 13.8 Å². The first-order valence-corrected chi connectivity index (χ1v) is 6.55. The molecule has 0 bridgehead atoms. The summed E-state index contributed by atoms with van der Waals surface area (Å²) in [5, 5.41) is 19.1. The van der Waals surface area contributed by atoms with Crippen LogP contribution >= 0.6 is 0 Å². The Morgan fingerprint density at radius 3 is 2.75 bits per heavy atom. The SMILES string of the molecule is CC(C)CC(CNC(=O)c1cn(CCN)nn1)C(=O)O. The van der Waals surface area contributed by atoms with Crippen molar-refractivity contribution < 1.29 is 14.7 Å². The Hall–Kier alpha value is -1.96. The Kier molecular flexibility index (Phi) is 6.10. The first kappa shape index (κ1) is 16.1. The van der Waals surface area contributed by atoms with Crippen molar-refractivity contribution >= 4 is 11.9 Å². The van der Waals surface area contributed by atoms with Gasteiger partial charge in [0.05, 0.1) is 18.7 Å². The molecule has 8 heteroatoms. The predicted octanol–water partition coefficient (Wildman–Crippen LogP) is -0.286. The minimum Gasteiger partial charge on any atom is -0.481 e. The molecule has 0 spiro atoms. The number of hydrogen-bond acceptors (Lipinski definition) is 5. The molecule has 0 saturated heterocycles. The summed E-state index contributed by atoms with van der Waals surface area (Å²) >= 11 is 0. The Balaban J connectivity index is 2.53. The van der Waals surface area contributed by atoms with E-state index in [9.17, 15) is 9.59 Å². The smallest absolute Gasteiger partial charge is 0.308 e. The zero-order valence-electron chi connectivity index (χ0n) is 11.7. The van der Waals surface area contributed by atoms with Gasteiger partial charge in [0.1, 0.15) is 0 Å². The number of nitrogens with two attached hydrogens (primary N) is 1. The van der Waals surface area contributed by atoms with Crippen molar-refractivity contribution in [1.29, 1.82) is 0 Å². The molecule has 0 aliphatic rings. The highest BCUT2D eigenvalue weighted by Gasteiger charge is 2.20. The maximum Gasteiger partial charge on any atom is 0.308 e. The molecule has 1 heterocycles. The number of nitrogens with one attached hydrogen (secondary N) is 1. The second-order valence-corrected chi connectivity index (χ2v) is 5.03. The predicted molar refractivity (Wildman–Crippen MR) is 72.0 cm³/mol. The fraction of sp³-hybridized carbons (Fsp3) is 0.667. The van der Waals surface area contributed by atoms with Gasteiger partial charge in [0.25, 0.3) is 5.91 Å². The standard InChI is InChI=1S/C12H21N5O3/c1-8(2)5-9(12(19)20)6-14-11(18)10-7-17(4-3-13)16-15-10/h7-9H,3-6,13H2,1-2H3,(H,14,18)(H,19,20). The largest absolute Gasteiger partial charge is 0.481 e. The van der Waals surface area contributed by atoms with Gasteiger partial charge in [0.15, 0.2) is 5.69 Å². The molecule has 4 N–H and O–H groups in total. The molecule has 1 aromatic rings. The van der Waals surface area contributed by atoms with Gasteiger partial charge in [0, 0.05) is 13.1 Å². The maximum atomic E-state index is 11.8. The minimum atomic E-state index is -0.911. The molecule has 8 nitrogen and oxygen atoms in total. The van der Waals surface area contributed by atoms with E-state index in [1.165, 1.54) is 10.9 Å². The van der Waals surface area contributed by atoms with Crippen LogP contribution < -0.4 is 11.1 Å². The summed E-state index contributed by atoms with van der Waals surface area (Å²) in [6.07, 6.45) is 2.00. The topological polar surface area (TPSA) is 123 Å². The first-order valence-electron chi connectivity index (χ1n) is 6.55. The van der Waals surface area contributed by atoms with Crippen molar-refractivity contribution in [2.24, 2.45) is 17.6 Å². The van der Waals surface area contributed by atoms with Gasteiger partial charge in [-0.3, -0.25) is 14.3 Å². The Morgan fingerprint density at radius 2 is 2.20 bits per heavy atom. The zero-order valence-corrected chi connectivity index (χ0v) is 11.7. The lowest BCUT2D eigenvalue weighted by atomic mass is 9.97. The van der Waals surface area contributed by atoms with Crippen molar-refractivity contribution in [3.8, 4) is 0 Å². The van der Waals surface area contributed by atoms with Crippen LogP contribution in [0.4, 0.5) is 0 Å². The van der Waals surface area contributed by atoms with Gasteiger partial charge in [-0.2, -0.15) is 0 Å². The van der Waals surface area contributed by atoms with Gasteiger partial charge in [-0.05, 0) is 12.3 Å². The van der Waals surface area contributed by atoms with Crippen molar-refractivity contribution in [2.45, 2.75) is 26.8 Å². The maximum absolute atomic E-state index is 11.8. The lowest BCUT2D eigenvalue weighted by Gasteiger charge is -2.14. The summed E-state index contributed by atoms with van der Waals surface area (Å²) in [6, 6.07) is 0. The highest BCUT2D eigenvalue weighted by molar-refractivity contribution is 5.92. The number of amides is 1. The second-order valence-electron chi connectivity index (χ2n) is 5.03. The van der Waals surface area contributed by atoms with Crippen LogP contribution in [0.2, 0.25) is 0 Å². The van der Waals surface area contributed by atoms with Crippen LogP contribution in [0.3, 0.4) is 0 Å². The zero-order chi connectivity index (χ0) is 15.1. The molecule has 1 aromatic heterocycles. The molecule has 1 amide bonds. The molecule has 20 heavy (non-hydrogen) atoms. The highest BCUT2D eigenvalue weighted by Crippen LogP contribution is 2.11. The van der Waals surface area contributed by atoms with Crippen molar-refractivity contribution in [1.82, 2.24) is 20.3 Å². The van der Waals surface area contributed by atoms with Crippen molar-refractivity contribution in [3.63, 3.8) is 0 Å². The van der Waals surface area contributed by atoms with Gasteiger partial charge in [0.2, 0.25) is 0 Å². The van der Waals surface area contributed by atoms with E-state index in [4.69, 9.17) is 10.8 Å². The van der Waals surface area contributed by atoms with Crippen LogP contribution in [0.1, 0.15) is 30.8 Å². The number of nitrogens with zero attached hydrogens (tertiary/aromatic N) is 3. The quantitative estimate of drug-likeness (QED) is 0.602. The first-order chi connectivity index (χ1) is 9.43. The number of aliphatic carboxylic acids is 1. The number of hydrogen-bond donors (Lipinski definition) is 3. The Morgan fingerprint density at radius 1 is 1.50 bits per heavy atom. The number of carbonyl (C=O) groups is 2. The third-order valence-corrected chi connectivity index (χ3v) is 2.74. The number of carboxylic acids is 1. The van der Waals surface area contributed by atoms with E-state index in [0.717, 1.165) is 0 Å². The molecule has 0 aliphatic carbocycles. The van der Waals surface area contributed by atoms with Crippen molar-refractivity contribution in [2.75, 3.05) is 13.1 Å². The van der Waals surface area contributed by atoms with Gasteiger partial charge in [-0.25, -0.2) is 0 Å². The van der Waals surface area contributed by atoms with E-state index < -0.39 is 17.8 Å². The van der Waals surface area contributed by atoms with E-state index in [-0.39, 0.29) is 18.2 Å². The monoisotopic (exact) mass is 283 g/mol. The third kappa shape index (κ3) is 4.96. The number of carbonyl (C=O) groups excluding carboxylic acids is 1. The fourth-order valence-electron chi connectivity index (χ4n) is 1.79. The van der Waals surface area contributed by atoms with Crippen LogP contribution in [0.15, 0.2) is 6.20 Å². The average Bonchev–Trinajstić information content (AvgIpc) is 2.82. The lowest BCUT2D eigenvalue weighted by molar-refractivity contribution is -0.142. The Labute approximate surface area is 117 Å². The van der Waals surface area contributed by atoms with Gasteiger partial charge >= 0.3 is 5.97 Å². The van der Waals surface area contributed by atoms with Gasteiger partial charge < -0.3 is 16.2 Å². The molecular formula is C12H21N5O3. The minimum absolute atomic E-state index is 0.0795. The summed E-state index contributed by atoms with van der Waals surface area (Å²) in [4.78, 5) is 22.9. The average molecular weight is 283 g/mol. The molecule has 0 radical (unpaired) electrons. The molecule has 1 rings (SSSR count). The molecular weight excluding hydrogens is 262 g/mol.